The molecule has 0 aliphatic heterocycles. The fraction of sp³-hybridized carbons (Fsp3) is 0.417. The van der Waals surface area contributed by atoms with Crippen molar-refractivity contribution in [1.82, 2.24) is 9.38 Å². The van der Waals surface area contributed by atoms with Crippen LogP contribution in [-0.4, -0.2) is 15.4 Å². The van der Waals surface area contributed by atoms with Crippen LogP contribution in [0.15, 0.2) is 23.1 Å². The Labute approximate surface area is 108 Å². The van der Waals surface area contributed by atoms with Gasteiger partial charge in [-0.3, -0.25) is 4.40 Å². The minimum atomic E-state index is 0.592. The molecule has 4 nitrogen and oxygen atoms in total. The SMILES string of the molecule is Nc1cc(NC2CCCC2)cn2c(Br)cnc12. The second kappa shape index (κ2) is 4.22. The largest absolute Gasteiger partial charge is 0.396 e. The summed E-state index contributed by atoms with van der Waals surface area (Å²) in [5, 5.41) is 3.54. The second-order valence-corrected chi connectivity index (χ2v) is 5.40. The summed E-state index contributed by atoms with van der Waals surface area (Å²) in [5.74, 6) is 0. The van der Waals surface area contributed by atoms with Gasteiger partial charge >= 0.3 is 0 Å². The number of hydrogen-bond donors (Lipinski definition) is 2. The maximum absolute atomic E-state index is 6.00. The van der Waals surface area contributed by atoms with E-state index in [9.17, 15) is 0 Å². The molecule has 3 rings (SSSR count). The first kappa shape index (κ1) is 10.9. The highest BCUT2D eigenvalue weighted by Crippen LogP contribution is 2.26. The summed E-state index contributed by atoms with van der Waals surface area (Å²) in [6, 6.07) is 2.56. The summed E-state index contributed by atoms with van der Waals surface area (Å²) < 4.78 is 2.89. The molecule has 0 atom stereocenters. The first-order chi connectivity index (χ1) is 8.24. The summed E-state index contributed by atoms with van der Waals surface area (Å²) in [6.45, 7) is 0. The minimum absolute atomic E-state index is 0.592. The molecule has 0 amide bonds. The van der Waals surface area contributed by atoms with Crippen molar-refractivity contribution in [2.24, 2.45) is 0 Å². The Morgan fingerprint density at radius 2 is 2.18 bits per heavy atom. The van der Waals surface area contributed by atoms with E-state index < -0.39 is 0 Å². The van der Waals surface area contributed by atoms with Crippen LogP contribution in [0.2, 0.25) is 0 Å². The fourth-order valence-electron chi connectivity index (χ4n) is 2.47. The van der Waals surface area contributed by atoms with Crippen molar-refractivity contribution < 1.29 is 0 Å². The van der Waals surface area contributed by atoms with Gasteiger partial charge in [-0.05, 0) is 34.8 Å². The van der Waals surface area contributed by atoms with Crippen LogP contribution in [0.3, 0.4) is 0 Å². The second-order valence-electron chi connectivity index (χ2n) is 4.58. The van der Waals surface area contributed by atoms with E-state index in [0.29, 0.717) is 11.7 Å². The number of pyridine rings is 1. The quantitative estimate of drug-likeness (QED) is 0.895. The average Bonchev–Trinajstić information content (AvgIpc) is 2.90. The molecular weight excluding hydrogens is 280 g/mol. The van der Waals surface area contributed by atoms with E-state index in [1.54, 1.807) is 6.20 Å². The lowest BCUT2D eigenvalue weighted by Gasteiger charge is -2.14. The van der Waals surface area contributed by atoms with Crippen LogP contribution in [-0.2, 0) is 0 Å². The van der Waals surface area contributed by atoms with Gasteiger partial charge in [0.1, 0.15) is 4.60 Å². The number of imidazole rings is 1. The van der Waals surface area contributed by atoms with E-state index in [4.69, 9.17) is 5.73 Å². The zero-order chi connectivity index (χ0) is 11.8. The Bertz CT molecular complexity index is 543. The molecule has 1 saturated carbocycles. The van der Waals surface area contributed by atoms with Crippen LogP contribution in [0.25, 0.3) is 5.65 Å². The van der Waals surface area contributed by atoms with Crippen LogP contribution in [0.4, 0.5) is 11.4 Å². The van der Waals surface area contributed by atoms with Gasteiger partial charge in [-0.1, -0.05) is 12.8 Å². The molecule has 1 fully saturated rings. The number of nitrogens with zero attached hydrogens (tertiary/aromatic N) is 2. The van der Waals surface area contributed by atoms with Crippen molar-refractivity contribution in [1.29, 1.82) is 0 Å². The highest BCUT2D eigenvalue weighted by Gasteiger charge is 2.15. The zero-order valence-corrected chi connectivity index (χ0v) is 11.1. The number of nitrogens with one attached hydrogen (secondary N) is 1. The minimum Gasteiger partial charge on any atom is -0.396 e. The van der Waals surface area contributed by atoms with E-state index >= 15 is 0 Å². The van der Waals surface area contributed by atoms with Gasteiger partial charge in [-0.15, -0.1) is 0 Å². The number of fused-ring (bicyclic) bond motifs is 1. The first-order valence-corrected chi connectivity index (χ1v) is 6.72. The molecule has 1 aliphatic carbocycles. The first-order valence-electron chi connectivity index (χ1n) is 5.92. The van der Waals surface area contributed by atoms with Crippen molar-refractivity contribution in [2.45, 2.75) is 31.7 Å². The van der Waals surface area contributed by atoms with Gasteiger partial charge in [0.25, 0.3) is 0 Å². The molecule has 3 N–H and O–H groups in total. The molecule has 0 saturated heterocycles. The standard InChI is InChI=1S/C12H15BrN4/c13-11-6-15-12-10(14)5-9(7-17(11)12)16-8-3-1-2-4-8/h5-8,16H,1-4,14H2. The summed E-state index contributed by atoms with van der Waals surface area (Å²) in [6.07, 6.45) is 8.96. The highest BCUT2D eigenvalue weighted by molar-refractivity contribution is 9.10. The van der Waals surface area contributed by atoms with Gasteiger partial charge in [0, 0.05) is 12.2 Å². The topological polar surface area (TPSA) is 55.3 Å². The molecule has 5 heteroatoms. The van der Waals surface area contributed by atoms with Gasteiger partial charge in [-0.25, -0.2) is 4.98 Å². The van der Waals surface area contributed by atoms with Crippen molar-refractivity contribution in [3.8, 4) is 0 Å². The lowest BCUT2D eigenvalue weighted by atomic mass is 10.2. The molecule has 0 radical (unpaired) electrons. The van der Waals surface area contributed by atoms with Crippen LogP contribution in [0.1, 0.15) is 25.7 Å². The summed E-state index contributed by atoms with van der Waals surface area (Å²) >= 11 is 3.47. The predicted molar refractivity (Wildman–Crippen MR) is 73.2 cm³/mol. The Hall–Kier alpha value is -1.23. The third-order valence-electron chi connectivity index (χ3n) is 3.32. The Morgan fingerprint density at radius 3 is 2.94 bits per heavy atom. The molecule has 17 heavy (non-hydrogen) atoms. The smallest absolute Gasteiger partial charge is 0.161 e. The molecule has 2 heterocycles. The molecule has 2 aromatic heterocycles. The maximum Gasteiger partial charge on any atom is 0.161 e. The lowest BCUT2D eigenvalue weighted by molar-refractivity contribution is 0.754. The van der Waals surface area contributed by atoms with Crippen LogP contribution < -0.4 is 11.1 Å². The Morgan fingerprint density at radius 1 is 1.41 bits per heavy atom. The fourth-order valence-corrected chi connectivity index (χ4v) is 2.84. The molecule has 0 spiro atoms. The van der Waals surface area contributed by atoms with Crippen molar-refractivity contribution >= 4 is 33.0 Å². The van der Waals surface area contributed by atoms with E-state index in [2.05, 4.69) is 26.2 Å². The normalized spacial score (nSPS) is 16.8. The molecule has 0 aromatic carbocycles. The number of hydrogen-bond acceptors (Lipinski definition) is 3. The average molecular weight is 295 g/mol. The van der Waals surface area contributed by atoms with Crippen molar-refractivity contribution in [3.63, 3.8) is 0 Å². The molecule has 1 aliphatic rings. The summed E-state index contributed by atoms with van der Waals surface area (Å²) in [5.41, 5.74) is 8.58. The van der Waals surface area contributed by atoms with Crippen LogP contribution >= 0.6 is 15.9 Å². The van der Waals surface area contributed by atoms with E-state index in [1.807, 2.05) is 16.7 Å². The number of halogens is 1. The van der Waals surface area contributed by atoms with Crippen molar-refractivity contribution in [3.05, 3.63) is 23.1 Å². The summed E-state index contributed by atoms with van der Waals surface area (Å²) in [7, 11) is 0. The Kier molecular flexibility index (Phi) is 2.70. The van der Waals surface area contributed by atoms with E-state index in [0.717, 1.165) is 15.9 Å². The zero-order valence-electron chi connectivity index (χ0n) is 9.49. The number of nitrogen functional groups attached to an aromatic ring is 1. The molecule has 2 aromatic rings. The third kappa shape index (κ3) is 1.99. The van der Waals surface area contributed by atoms with E-state index in [1.165, 1.54) is 25.7 Å². The van der Waals surface area contributed by atoms with Crippen LogP contribution in [0.5, 0.6) is 0 Å². The molecule has 0 unspecified atom stereocenters. The number of rotatable bonds is 2. The summed E-state index contributed by atoms with van der Waals surface area (Å²) in [4.78, 5) is 4.25. The van der Waals surface area contributed by atoms with Gasteiger partial charge in [-0.2, -0.15) is 0 Å². The molecule has 90 valence electrons. The number of anilines is 2. The van der Waals surface area contributed by atoms with Gasteiger partial charge in [0.05, 0.1) is 17.6 Å². The van der Waals surface area contributed by atoms with Crippen LogP contribution in [0, 0.1) is 0 Å². The van der Waals surface area contributed by atoms with Gasteiger partial charge in [0.15, 0.2) is 5.65 Å². The third-order valence-corrected chi connectivity index (χ3v) is 3.90. The monoisotopic (exact) mass is 294 g/mol. The van der Waals surface area contributed by atoms with Crippen molar-refractivity contribution in [2.75, 3.05) is 11.1 Å². The lowest BCUT2D eigenvalue weighted by Crippen LogP contribution is -2.15. The highest BCUT2D eigenvalue weighted by atomic mass is 79.9. The maximum atomic E-state index is 6.00. The molecular formula is C12H15BrN4. The molecule has 0 bridgehead atoms. The number of nitrogens with two attached hydrogens (primary N) is 1. The predicted octanol–water partition coefficient (Wildman–Crippen LogP) is 3.03. The van der Waals surface area contributed by atoms with E-state index in [-0.39, 0.29) is 0 Å². The number of aromatic nitrogens is 2. The van der Waals surface area contributed by atoms with Gasteiger partial charge < -0.3 is 11.1 Å². The van der Waals surface area contributed by atoms with Gasteiger partial charge in [0.2, 0.25) is 0 Å². The Balaban J connectivity index is 1.96.